The van der Waals surface area contributed by atoms with Gasteiger partial charge >= 0.3 is 0 Å². The molecule has 25 heavy (non-hydrogen) atoms. The molecule has 0 unspecified atom stereocenters. The molecule has 3 rings (SSSR count). The van der Waals surface area contributed by atoms with Crippen molar-refractivity contribution in [1.82, 2.24) is 9.21 Å². The number of aryl methyl sites for hydroxylation is 1. The number of benzene rings is 1. The number of hydrogen-bond donors (Lipinski definition) is 0. The number of carbonyl (C=O) groups is 1. The third-order valence-electron chi connectivity index (χ3n) is 5.43. The lowest BCUT2D eigenvalue weighted by Crippen LogP contribution is -2.42. The number of carbonyl (C=O) groups excluding carboxylic acids is 1. The molecule has 2 aliphatic rings. The summed E-state index contributed by atoms with van der Waals surface area (Å²) < 4.78 is 27.6. The predicted octanol–water partition coefficient (Wildman–Crippen LogP) is 3.18. The normalized spacial score (nSPS) is 22.8. The quantitative estimate of drug-likeness (QED) is 0.828. The zero-order chi connectivity index (χ0) is 18.0. The van der Waals surface area contributed by atoms with E-state index in [1.54, 1.807) is 29.4 Å². The second-order valence-electron chi connectivity index (χ2n) is 7.29. The van der Waals surface area contributed by atoms with Crippen molar-refractivity contribution in [1.29, 1.82) is 0 Å². The van der Waals surface area contributed by atoms with Gasteiger partial charge in [-0.15, -0.1) is 0 Å². The minimum atomic E-state index is -3.53. The molecule has 0 aromatic heterocycles. The van der Waals surface area contributed by atoms with Crippen LogP contribution in [0.15, 0.2) is 23.1 Å². The number of nitrogens with zero attached hydrogens (tertiary/aromatic N) is 2. The Hall–Kier alpha value is -1.40. The van der Waals surface area contributed by atoms with E-state index >= 15 is 0 Å². The number of hydrogen-bond acceptors (Lipinski definition) is 3. The molecular weight excluding hydrogens is 336 g/mol. The van der Waals surface area contributed by atoms with E-state index in [0.29, 0.717) is 24.2 Å². The van der Waals surface area contributed by atoms with Gasteiger partial charge in [-0.25, -0.2) is 8.42 Å². The molecule has 2 fully saturated rings. The van der Waals surface area contributed by atoms with Crippen LogP contribution < -0.4 is 0 Å². The highest BCUT2D eigenvalue weighted by Gasteiger charge is 2.30. The lowest BCUT2D eigenvalue weighted by atomic mass is 10.0. The van der Waals surface area contributed by atoms with Crippen LogP contribution in [0.4, 0.5) is 0 Å². The van der Waals surface area contributed by atoms with Crippen LogP contribution in [0, 0.1) is 6.92 Å². The molecule has 138 valence electrons. The lowest BCUT2D eigenvalue weighted by Gasteiger charge is -2.33. The minimum absolute atomic E-state index is 0.0534. The molecule has 1 amide bonds. The van der Waals surface area contributed by atoms with Crippen molar-refractivity contribution in [2.45, 2.75) is 63.3 Å². The zero-order valence-corrected chi connectivity index (χ0v) is 16.0. The van der Waals surface area contributed by atoms with Crippen molar-refractivity contribution in [3.63, 3.8) is 0 Å². The molecular formula is C19H28N2O3S. The van der Waals surface area contributed by atoms with Crippen LogP contribution in [-0.4, -0.2) is 49.2 Å². The molecule has 1 aromatic rings. The van der Waals surface area contributed by atoms with Gasteiger partial charge in [0.2, 0.25) is 10.0 Å². The van der Waals surface area contributed by atoms with Gasteiger partial charge in [-0.1, -0.05) is 12.5 Å². The van der Waals surface area contributed by atoms with Crippen molar-refractivity contribution >= 4 is 15.9 Å². The molecule has 0 radical (unpaired) electrons. The topological polar surface area (TPSA) is 57.7 Å². The van der Waals surface area contributed by atoms with Gasteiger partial charge in [-0.05, 0) is 63.6 Å². The summed E-state index contributed by atoms with van der Waals surface area (Å²) in [7, 11) is -3.53. The highest BCUT2D eigenvalue weighted by Crippen LogP contribution is 2.26. The number of amides is 1. The molecule has 2 saturated heterocycles. The number of sulfonamides is 1. The summed E-state index contributed by atoms with van der Waals surface area (Å²) in [6.45, 7) is 5.76. The van der Waals surface area contributed by atoms with Gasteiger partial charge in [0, 0.05) is 31.2 Å². The Balaban J connectivity index is 1.91. The highest BCUT2D eigenvalue weighted by atomic mass is 32.2. The Bertz CT molecular complexity index is 739. The maximum Gasteiger partial charge on any atom is 0.254 e. The van der Waals surface area contributed by atoms with Crippen molar-refractivity contribution < 1.29 is 13.2 Å². The summed E-state index contributed by atoms with van der Waals surface area (Å²) in [5.41, 5.74) is 1.18. The Labute approximate surface area is 151 Å². The van der Waals surface area contributed by atoms with Gasteiger partial charge in [-0.3, -0.25) is 4.79 Å². The second kappa shape index (κ2) is 7.46. The SMILES string of the molecule is Cc1ccc(C(=O)N2CCCC[C@H]2C)cc1S(=O)(=O)N1CCCCC1. The van der Waals surface area contributed by atoms with E-state index in [9.17, 15) is 13.2 Å². The maximum absolute atomic E-state index is 13.0. The molecule has 0 aliphatic carbocycles. The van der Waals surface area contributed by atoms with Crippen LogP contribution in [0.25, 0.3) is 0 Å². The van der Waals surface area contributed by atoms with E-state index in [4.69, 9.17) is 0 Å². The fourth-order valence-corrected chi connectivity index (χ4v) is 5.59. The second-order valence-corrected chi connectivity index (χ2v) is 9.19. The Morgan fingerprint density at radius 2 is 1.72 bits per heavy atom. The smallest absolute Gasteiger partial charge is 0.254 e. The first-order chi connectivity index (χ1) is 11.9. The third-order valence-corrected chi connectivity index (χ3v) is 7.47. The van der Waals surface area contributed by atoms with E-state index in [2.05, 4.69) is 6.92 Å². The van der Waals surface area contributed by atoms with E-state index < -0.39 is 10.0 Å². The van der Waals surface area contributed by atoms with Crippen LogP contribution in [0.2, 0.25) is 0 Å². The van der Waals surface area contributed by atoms with Gasteiger partial charge < -0.3 is 4.90 Å². The summed E-state index contributed by atoms with van der Waals surface area (Å²) in [4.78, 5) is 15.1. The molecule has 2 aliphatic heterocycles. The van der Waals surface area contributed by atoms with Gasteiger partial charge in [-0.2, -0.15) is 4.31 Å². The van der Waals surface area contributed by atoms with Crippen molar-refractivity contribution in [3.05, 3.63) is 29.3 Å². The number of piperidine rings is 2. The van der Waals surface area contributed by atoms with Crippen molar-refractivity contribution in [2.24, 2.45) is 0 Å². The van der Waals surface area contributed by atoms with Gasteiger partial charge in [0.05, 0.1) is 4.90 Å². The zero-order valence-electron chi connectivity index (χ0n) is 15.2. The molecule has 0 spiro atoms. The first-order valence-corrected chi connectivity index (χ1v) is 10.8. The minimum Gasteiger partial charge on any atom is -0.336 e. The van der Waals surface area contributed by atoms with Crippen molar-refractivity contribution in [3.8, 4) is 0 Å². The monoisotopic (exact) mass is 364 g/mol. The standard InChI is InChI=1S/C19H28N2O3S/c1-15-9-10-17(19(22)21-13-7-4-8-16(21)2)14-18(15)25(23,24)20-11-5-3-6-12-20/h9-10,14,16H,3-8,11-13H2,1-2H3/t16-/m1/s1. The van der Waals surface area contributed by atoms with E-state index in [-0.39, 0.29) is 16.8 Å². The van der Waals surface area contributed by atoms with Crippen LogP contribution in [0.3, 0.4) is 0 Å². The Morgan fingerprint density at radius 1 is 1.04 bits per heavy atom. The fourth-order valence-electron chi connectivity index (χ4n) is 3.82. The molecule has 5 nitrogen and oxygen atoms in total. The van der Waals surface area contributed by atoms with Crippen LogP contribution in [0.1, 0.15) is 61.4 Å². The van der Waals surface area contributed by atoms with Crippen LogP contribution >= 0.6 is 0 Å². The maximum atomic E-state index is 13.0. The molecule has 2 heterocycles. The average Bonchev–Trinajstić information content (AvgIpc) is 2.62. The van der Waals surface area contributed by atoms with Crippen molar-refractivity contribution in [2.75, 3.05) is 19.6 Å². The van der Waals surface area contributed by atoms with Gasteiger partial charge in [0.25, 0.3) is 5.91 Å². The molecule has 1 aromatic carbocycles. The predicted molar refractivity (Wildman–Crippen MR) is 98.1 cm³/mol. The molecule has 0 N–H and O–H groups in total. The number of likely N-dealkylation sites (tertiary alicyclic amines) is 1. The summed E-state index contributed by atoms with van der Waals surface area (Å²) >= 11 is 0. The summed E-state index contributed by atoms with van der Waals surface area (Å²) in [5, 5.41) is 0. The molecule has 6 heteroatoms. The largest absolute Gasteiger partial charge is 0.336 e. The lowest BCUT2D eigenvalue weighted by molar-refractivity contribution is 0.0635. The summed E-state index contributed by atoms with van der Waals surface area (Å²) in [5.74, 6) is -0.0534. The first kappa shape index (κ1) is 18.4. The molecule has 1 atom stereocenters. The van der Waals surface area contributed by atoms with Crippen LogP contribution in [-0.2, 0) is 10.0 Å². The Kier molecular flexibility index (Phi) is 5.49. The molecule has 0 bridgehead atoms. The third kappa shape index (κ3) is 3.75. The molecule has 0 saturated carbocycles. The summed E-state index contributed by atoms with van der Waals surface area (Å²) in [6, 6.07) is 5.32. The summed E-state index contributed by atoms with van der Waals surface area (Å²) in [6.07, 6.45) is 6.06. The van der Waals surface area contributed by atoms with Crippen LogP contribution in [0.5, 0.6) is 0 Å². The van der Waals surface area contributed by atoms with Gasteiger partial charge in [0.15, 0.2) is 0 Å². The first-order valence-electron chi connectivity index (χ1n) is 9.33. The Morgan fingerprint density at radius 3 is 2.40 bits per heavy atom. The van der Waals surface area contributed by atoms with E-state index in [1.807, 2.05) is 4.90 Å². The van der Waals surface area contributed by atoms with E-state index in [0.717, 1.165) is 45.1 Å². The number of rotatable bonds is 3. The highest BCUT2D eigenvalue weighted by molar-refractivity contribution is 7.89. The van der Waals surface area contributed by atoms with Gasteiger partial charge in [0.1, 0.15) is 0 Å². The van der Waals surface area contributed by atoms with E-state index in [1.165, 1.54) is 0 Å². The average molecular weight is 365 g/mol. The fraction of sp³-hybridized carbons (Fsp3) is 0.632.